The van der Waals surface area contributed by atoms with E-state index < -0.39 is 15.8 Å². The number of para-hydroxylation sites is 1. The van der Waals surface area contributed by atoms with Gasteiger partial charge < -0.3 is 5.73 Å². The Morgan fingerprint density at radius 2 is 1.59 bits per heavy atom. The van der Waals surface area contributed by atoms with E-state index in [1.165, 1.54) is 19.1 Å². The van der Waals surface area contributed by atoms with Gasteiger partial charge in [-0.2, -0.15) is 0 Å². The fourth-order valence-electron chi connectivity index (χ4n) is 2.52. The van der Waals surface area contributed by atoms with Crippen LogP contribution in [-0.2, 0) is 10.0 Å². The number of hydrogen-bond acceptors (Lipinski definition) is 4. The van der Waals surface area contributed by atoms with E-state index in [0.29, 0.717) is 10.9 Å². The van der Waals surface area contributed by atoms with E-state index in [9.17, 15) is 13.2 Å². The molecule has 0 radical (unpaired) electrons. The van der Waals surface area contributed by atoms with E-state index >= 15 is 0 Å². The number of carbonyl (C=O) groups is 1. The number of nitrogens with zero attached hydrogens (tertiary/aromatic N) is 1. The fourth-order valence-corrected chi connectivity index (χ4v) is 4.11. The molecule has 0 aliphatic carbocycles. The molecule has 0 spiro atoms. The molecule has 3 aromatic rings. The number of aromatic nitrogens is 1. The second kappa shape index (κ2) is 4.99. The third-order valence-corrected chi connectivity index (χ3v) is 5.21. The summed E-state index contributed by atoms with van der Waals surface area (Å²) in [5.74, 6) is -0.395. The molecule has 0 saturated heterocycles. The highest BCUT2D eigenvalue weighted by Crippen LogP contribution is 2.32. The van der Waals surface area contributed by atoms with Crippen molar-refractivity contribution in [2.45, 2.75) is 11.8 Å². The van der Waals surface area contributed by atoms with Crippen molar-refractivity contribution in [2.24, 2.45) is 0 Å². The molecule has 0 aliphatic heterocycles. The number of fused-ring (bicyclic) bond motifs is 1. The van der Waals surface area contributed by atoms with Crippen LogP contribution in [0.5, 0.6) is 0 Å². The quantitative estimate of drug-likeness (QED) is 0.753. The van der Waals surface area contributed by atoms with Crippen molar-refractivity contribution in [2.75, 3.05) is 5.73 Å². The second-order valence-corrected chi connectivity index (χ2v) is 6.70. The van der Waals surface area contributed by atoms with Crippen LogP contribution >= 0.6 is 0 Å². The third-order valence-electron chi connectivity index (χ3n) is 3.49. The molecule has 0 atom stereocenters. The molecule has 0 saturated carbocycles. The van der Waals surface area contributed by atoms with Crippen LogP contribution in [0.2, 0.25) is 0 Å². The molecular weight excluding hydrogens is 300 g/mol. The predicted molar refractivity (Wildman–Crippen MR) is 85.4 cm³/mol. The van der Waals surface area contributed by atoms with Crippen molar-refractivity contribution in [1.82, 2.24) is 3.97 Å². The topological polar surface area (TPSA) is 82.2 Å². The maximum Gasteiger partial charge on any atom is 0.268 e. The molecule has 2 N–H and O–H groups in total. The third kappa shape index (κ3) is 2.00. The van der Waals surface area contributed by atoms with Crippen LogP contribution in [0.1, 0.15) is 17.4 Å². The monoisotopic (exact) mass is 314 g/mol. The van der Waals surface area contributed by atoms with Crippen molar-refractivity contribution in [3.05, 3.63) is 60.3 Å². The van der Waals surface area contributed by atoms with Gasteiger partial charge >= 0.3 is 0 Å². The van der Waals surface area contributed by atoms with Gasteiger partial charge in [-0.15, -0.1) is 0 Å². The highest BCUT2D eigenvalue weighted by Gasteiger charge is 2.27. The van der Waals surface area contributed by atoms with E-state index in [1.54, 1.807) is 42.5 Å². The van der Waals surface area contributed by atoms with Crippen LogP contribution in [0.25, 0.3) is 10.9 Å². The Labute approximate surface area is 128 Å². The molecule has 1 heterocycles. The summed E-state index contributed by atoms with van der Waals surface area (Å²) in [4.78, 5) is 12.1. The first-order chi connectivity index (χ1) is 10.4. The molecule has 0 unspecified atom stereocenters. The van der Waals surface area contributed by atoms with Gasteiger partial charge in [0.25, 0.3) is 10.0 Å². The number of Topliss-reactive ketones (excluding diaryl/α,β-unsaturated/α-hetero) is 1. The maximum atomic E-state index is 12.9. The summed E-state index contributed by atoms with van der Waals surface area (Å²) >= 11 is 0. The van der Waals surface area contributed by atoms with Crippen molar-refractivity contribution >= 4 is 32.4 Å². The second-order valence-electron chi connectivity index (χ2n) is 4.92. The Hall–Kier alpha value is -2.60. The molecule has 1 aromatic heterocycles. The maximum absolute atomic E-state index is 12.9. The predicted octanol–water partition coefficient (Wildman–Crippen LogP) is 2.66. The smallest absolute Gasteiger partial charge is 0.268 e. The van der Waals surface area contributed by atoms with E-state index in [4.69, 9.17) is 5.73 Å². The van der Waals surface area contributed by atoms with Crippen LogP contribution < -0.4 is 5.73 Å². The minimum Gasteiger partial charge on any atom is -0.396 e. The Kier molecular flexibility index (Phi) is 3.26. The van der Waals surface area contributed by atoms with Gasteiger partial charge in [0.15, 0.2) is 5.78 Å². The first-order valence-electron chi connectivity index (χ1n) is 6.65. The van der Waals surface area contributed by atoms with Gasteiger partial charge in [0.05, 0.1) is 16.1 Å². The summed E-state index contributed by atoms with van der Waals surface area (Å²) in [6.07, 6.45) is 0. The Morgan fingerprint density at radius 3 is 2.23 bits per heavy atom. The summed E-state index contributed by atoms with van der Waals surface area (Å²) < 4.78 is 26.9. The molecule has 6 heteroatoms. The summed E-state index contributed by atoms with van der Waals surface area (Å²) in [7, 11) is -3.90. The molecule has 0 fully saturated rings. The molecule has 0 bridgehead atoms. The van der Waals surface area contributed by atoms with Crippen LogP contribution in [0, 0.1) is 0 Å². The summed E-state index contributed by atoms with van der Waals surface area (Å²) in [6, 6.07) is 14.8. The van der Waals surface area contributed by atoms with Gasteiger partial charge in [0, 0.05) is 12.3 Å². The average Bonchev–Trinajstić information content (AvgIpc) is 2.82. The highest BCUT2D eigenvalue weighted by molar-refractivity contribution is 7.90. The van der Waals surface area contributed by atoms with Gasteiger partial charge in [0.2, 0.25) is 0 Å². The van der Waals surface area contributed by atoms with Crippen LogP contribution in [0.3, 0.4) is 0 Å². The number of nitrogen functional groups attached to an aromatic ring is 1. The number of ketones is 1. The Bertz CT molecular complexity index is 973. The normalized spacial score (nSPS) is 11.7. The van der Waals surface area contributed by atoms with Gasteiger partial charge in [-0.1, -0.05) is 36.4 Å². The zero-order valence-corrected chi connectivity index (χ0v) is 12.7. The zero-order valence-electron chi connectivity index (χ0n) is 11.9. The molecule has 112 valence electrons. The summed E-state index contributed by atoms with van der Waals surface area (Å²) in [5, 5.41) is 0.548. The number of carbonyl (C=O) groups excluding carboxylic acids is 1. The van der Waals surface area contributed by atoms with Gasteiger partial charge in [-0.05, 0) is 18.2 Å². The number of hydrogen-bond donors (Lipinski definition) is 1. The molecule has 0 amide bonds. The largest absolute Gasteiger partial charge is 0.396 e. The number of anilines is 1. The first-order valence-corrected chi connectivity index (χ1v) is 8.09. The van der Waals surface area contributed by atoms with E-state index in [2.05, 4.69) is 0 Å². The Morgan fingerprint density at radius 1 is 1.00 bits per heavy atom. The van der Waals surface area contributed by atoms with E-state index in [0.717, 1.165) is 3.97 Å². The number of benzene rings is 2. The lowest BCUT2D eigenvalue weighted by atomic mass is 10.2. The molecule has 3 rings (SSSR count). The van der Waals surface area contributed by atoms with E-state index in [1.807, 2.05) is 0 Å². The standard InChI is InChI=1S/C16H14N2O3S/c1-11(19)16-15(17)13-9-5-6-10-14(13)18(16)22(20,21)12-7-3-2-4-8-12/h2-10H,17H2,1H3. The Balaban J connectivity index is 2.45. The average molecular weight is 314 g/mol. The number of nitrogens with two attached hydrogens (primary N) is 1. The van der Waals surface area contributed by atoms with Crippen LogP contribution in [0.4, 0.5) is 5.69 Å². The highest BCUT2D eigenvalue weighted by atomic mass is 32.2. The lowest BCUT2D eigenvalue weighted by molar-refractivity contribution is 0.101. The molecule has 0 aliphatic rings. The molecule has 22 heavy (non-hydrogen) atoms. The van der Waals surface area contributed by atoms with Crippen molar-refractivity contribution in [1.29, 1.82) is 0 Å². The van der Waals surface area contributed by atoms with Crippen molar-refractivity contribution in [3.8, 4) is 0 Å². The number of rotatable bonds is 3. The SMILES string of the molecule is CC(=O)c1c(N)c2ccccc2n1S(=O)(=O)c1ccccc1. The van der Waals surface area contributed by atoms with Crippen LogP contribution in [-0.4, -0.2) is 18.2 Å². The molecule has 2 aromatic carbocycles. The van der Waals surface area contributed by atoms with Gasteiger partial charge in [-0.3, -0.25) is 4.79 Å². The zero-order chi connectivity index (χ0) is 15.9. The molecular formula is C16H14N2O3S. The van der Waals surface area contributed by atoms with E-state index in [-0.39, 0.29) is 16.3 Å². The lowest BCUT2D eigenvalue weighted by Gasteiger charge is -2.10. The first kappa shape index (κ1) is 14.3. The molecule has 5 nitrogen and oxygen atoms in total. The lowest BCUT2D eigenvalue weighted by Crippen LogP contribution is -2.18. The minimum absolute atomic E-state index is 0.00921. The summed E-state index contributed by atoms with van der Waals surface area (Å²) in [5.41, 5.74) is 6.58. The van der Waals surface area contributed by atoms with Crippen molar-refractivity contribution in [3.63, 3.8) is 0 Å². The van der Waals surface area contributed by atoms with Crippen LogP contribution in [0.15, 0.2) is 59.5 Å². The fraction of sp³-hybridized carbons (Fsp3) is 0.0625. The van der Waals surface area contributed by atoms with Gasteiger partial charge in [0.1, 0.15) is 5.69 Å². The summed E-state index contributed by atoms with van der Waals surface area (Å²) in [6.45, 7) is 1.31. The van der Waals surface area contributed by atoms with Gasteiger partial charge in [-0.25, -0.2) is 12.4 Å². The van der Waals surface area contributed by atoms with Crippen molar-refractivity contribution < 1.29 is 13.2 Å². The minimum atomic E-state index is -3.90.